The van der Waals surface area contributed by atoms with Gasteiger partial charge in [-0.25, -0.2) is 4.98 Å². The first kappa shape index (κ1) is 21.2. The summed E-state index contributed by atoms with van der Waals surface area (Å²) < 4.78 is 10.2. The molecular weight excluding hydrogens is 434 g/mol. The van der Waals surface area contributed by atoms with E-state index in [1.165, 1.54) is 19.4 Å². The fourth-order valence-corrected chi connectivity index (χ4v) is 3.71. The zero-order valence-corrected chi connectivity index (χ0v) is 18.0. The minimum atomic E-state index is -2.15. The van der Waals surface area contributed by atoms with Crippen LogP contribution in [0.2, 0.25) is 0 Å². The Bertz CT molecular complexity index is 1470. The van der Waals surface area contributed by atoms with Gasteiger partial charge < -0.3 is 19.7 Å². The maximum atomic E-state index is 13.4. The lowest BCUT2D eigenvalue weighted by molar-refractivity contribution is -0.131. The van der Waals surface area contributed by atoms with Gasteiger partial charge in [-0.15, -0.1) is 0 Å². The maximum Gasteiger partial charge on any atom is 0.268 e. The third-order valence-electron chi connectivity index (χ3n) is 5.44. The molecule has 2 aromatic carbocycles. The predicted octanol–water partition coefficient (Wildman–Crippen LogP) is 3.56. The molecule has 0 aliphatic heterocycles. The maximum absolute atomic E-state index is 13.4. The van der Waals surface area contributed by atoms with Crippen molar-refractivity contribution in [2.24, 2.45) is 0 Å². The van der Waals surface area contributed by atoms with Crippen LogP contribution in [0.4, 0.5) is 5.82 Å². The fourth-order valence-electron chi connectivity index (χ4n) is 3.71. The summed E-state index contributed by atoms with van der Waals surface area (Å²) in [6.07, 6.45) is 2.91. The average molecular weight is 453 g/mol. The molecule has 0 radical (unpaired) electrons. The van der Waals surface area contributed by atoms with E-state index in [0.29, 0.717) is 11.4 Å². The van der Waals surface area contributed by atoms with Gasteiger partial charge in [0.15, 0.2) is 0 Å². The van der Waals surface area contributed by atoms with Crippen LogP contribution in [0.15, 0.2) is 89.8 Å². The van der Waals surface area contributed by atoms with Crippen molar-refractivity contribution >= 4 is 22.6 Å². The van der Waals surface area contributed by atoms with Crippen LogP contribution in [0.3, 0.4) is 0 Å². The highest BCUT2D eigenvalue weighted by molar-refractivity contribution is 6.00. The molecule has 0 saturated carbocycles. The van der Waals surface area contributed by atoms with Gasteiger partial charge in [0.25, 0.3) is 5.91 Å². The largest absolute Gasteiger partial charge is 0.497 e. The van der Waals surface area contributed by atoms with E-state index in [9.17, 15) is 9.90 Å². The van der Waals surface area contributed by atoms with Gasteiger partial charge in [0.05, 0.1) is 24.5 Å². The summed E-state index contributed by atoms with van der Waals surface area (Å²) >= 11 is 0. The van der Waals surface area contributed by atoms with E-state index >= 15 is 0 Å². The normalized spacial score (nSPS) is 12.8. The van der Waals surface area contributed by atoms with Crippen molar-refractivity contribution in [3.8, 4) is 17.0 Å². The second-order valence-electron chi connectivity index (χ2n) is 7.46. The number of carbonyl (C=O) groups excluding carboxylic acids is 1. The molecule has 3 aromatic heterocycles. The molecule has 0 unspecified atom stereocenters. The first-order valence-corrected chi connectivity index (χ1v) is 10.4. The number of hydrogen-bond acceptors (Lipinski definition) is 8. The number of carbonyl (C=O) groups is 1. The molecular formula is C25H19N5O4. The second-order valence-corrected chi connectivity index (χ2v) is 7.46. The highest BCUT2D eigenvalue weighted by atomic mass is 16.5. The quantitative estimate of drug-likeness (QED) is 0.400. The minimum absolute atomic E-state index is 0.0266. The van der Waals surface area contributed by atoms with Crippen molar-refractivity contribution in [3.05, 3.63) is 96.5 Å². The van der Waals surface area contributed by atoms with Crippen molar-refractivity contribution in [1.82, 2.24) is 20.3 Å². The van der Waals surface area contributed by atoms with Gasteiger partial charge in [0.2, 0.25) is 5.60 Å². The first-order chi connectivity index (χ1) is 16.6. The standard InChI is InChI=1S/C25H19N5O4/c1-33-17-7-4-6-16(14-17)25(32,22-12-13-34-30-22)24(31)28-23-11-5-10-20(27-23)19-15-26-29-21-9-3-2-8-18(19)21/h2-15,32H,1H3,(H,27,28,31)/t25-/m1/s1. The molecule has 5 rings (SSSR count). The van der Waals surface area contributed by atoms with Crippen LogP contribution in [0.25, 0.3) is 22.2 Å². The van der Waals surface area contributed by atoms with E-state index in [1.807, 2.05) is 30.3 Å². The number of rotatable bonds is 6. The number of aromatic nitrogens is 4. The molecule has 2 N–H and O–H groups in total. The Morgan fingerprint density at radius 2 is 1.91 bits per heavy atom. The smallest absolute Gasteiger partial charge is 0.268 e. The Morgan fingerprint density at radius 1 is 1.06 bits per heavy atom. The first-order valence-electron chi connectivity index (χ1n) is 10.4. The number of aliphatic hydroxyl groups is 1. The van der Waals surface area contributed by atoms with Crippen LogP contribution >= 0.6 is 0 Å². The molecule has 0 spiro atoms. The highest BCUT2D eigenvalue weighted by Crippen LogP contribution is 2.32. The molecule has 0 aliphatic rings. The van der Waals surface area contributed by atoms with E-state index in [-0.39, 0.29) is 17.1 Å². The number of methoxy groups -OCH3 is 1. The van der Waals surface area contributed by atoms with Crippen LogP contribution < -0.4 is 10.1 Å². The molecule has 0 fully saturated rings. The predicted molar refractivity (Wildman–Crippen MR) is 124 cm³/mol. The number of pyridine rings is 1. The zero-order chi connectivity index (χ0) is 23.5. The third-order valence-corrected chi connectivity index (χ3v) is 5.44. The summed E-state index contributed by atoms with van der Waals surface area (Å²) in [6.45, 7) is 0. The van der Waals surface area contributed by atoms with E-state index in [2.05, 4.69) is 25.7 Å². The number of fused-ring (bicyclic) bond motifs is 1. The van der Waals surface area contributed by atoms with Crippen LogP contribution in [0.1, 0.15) is 11.3 Å². The average Bonchev–Trinajstić information content (AvgIpc) is 3.43. The highest BCUT2D eigenvalue weighted by Gasteiger charge is 2.43. The van der Waals surface area contributed by atoms with Gasteiger partial charge in [-0.3, -0.25) is 4.79 Å². The number of nitrogens with zero attached hydrogens (tertiary/aromatic N) is 4. The molecule has 0 aliphatic carbocycles. The lowest BCUT2D eigenvalue weighted by atomic mass is 9.89. The Kier molecular flexibility index (Phi) is 5.44. The summed E-state index contributed by atoms with van der Waals surface area (Å²) in [7, 11) is 1.50. The summed E-state index contributed by atoms with van der Waals surface area (Å²) in [4.78, 5) is 18.0. The van der Waals surface area contributed by atoms with Gasteiger partial charge in [0, 0.05) is 22.6 Å². The molecule has 5 aromatic rings. The Labute approximate surface area is 194 Å². The lowest BCUT2D eigenvalue weighted by Gasteiger charge is -2.25. The van der Waals surface area contributed by atoms with Crippen molar-refractivity contribution < 1.29 is 19.2 Å². The molecule has 3 heterocycles. The van der Waals surface area contributed by atoms with Crippen molar-refractivity contribution in [2.75, 3.05) is 12.4 Å². The van der Waals surface area contributed by atoms with Gasteiger partial charge in [0.1, 0.15) is 23.5 Å². The number of anilines is 1. The van der Waals surface area contributed by atoms with Gasteiger partial charge in [-0.1, -0.05) is 41.6 Å². The zero-order valence-electron chi connectivity index (χ0n) is 18.0. The molecule has 1 atom stereocenters. The molecule has 1 amide bonds. The van der Waals surface area contributed by atoms with E-state index in [0.717, 1.165) is 16.5 Å². The Balaban J connectivity index is 1.53. The summed E-state index contributed by atoms with van der Waals surface area (Å²) in [5.74, 6) is -0.0327. The molecule has 168 valence electrons. The number of amides is 1. The monoisotopic (exact) mass is 453 g/mol. The van der Waals surface area contributed by atoms with E-state index in [4.69, 9.17) is 9.26 Å². The van der Waals surface area contributed by atoms with E-state index < -0.39 is 11.5 Å². The van der Waals surface area contributed by atoms with E-state index in [1.54, 1.807) is 42.6 Å². The van der Waals surface area contributed by atoms with Gasteiger partial charge in [-0.2, -0.15) is 10.2 Å². The summed E-state index contributed by atoms with van der Waals surface area (Å²) in [6, 6.07) is 20.8. The molecule has 9 heteroatoms. The van der Waals surface area contributed by atoms with Crippen LogP contribution in [0, 0.1) is 0 Å². The second kappa shape index (κ2) is 8.72. The molecule has 34 heavy (non-hydrogen) atoms. The number of benzene rings is 2. The SMILES string of the molecule is COc1cccc([C@](O)(C(=O)Nc2cccc(-c3cnnc4ccccc34)n2)c2ccon2)c1. The Morgan fingerprint density at radius 3 is 2.74 bits per heavy atom. The summed E-state index contributed by atoms with van der Waals surface area (Å²) in [5, 5.41) is 27.2. The number of hydrogen-bond donors (Lipinski definition) is 2. The number of ether oxygens (including phenoxy) is 1. The fraction of sp³-hybridized carbons (Fsp3) is 0.0800. The molecule has 0 saturated heterocycles. The van der Waals surface area contributed by atoms with Crippen LogP contribution in [-0.4, -0.2) is 38.5 Å². The minimum Gasteiger partial charge on any atom is -0.497 e. The van der Waals surface area contributed by atoms with Crippen molar-refractivity contribution in [1.29, 1.82) is 0 Å². The summed E-state index contributed by atoms with van der Waals surface area (Å²) in [5.41, 5.74) is 0.230. The van der Waals surface area contributed by atoms with Crippen LogP contribution in [0.5, 0.6) is 5.75 Å². The van der Waals surface area contributed by atoms with Gasteiger partial charge >= 0.3 is 0 Å². The van der Waals surface area contributed by atoms with Gasteiger partial charge in [-0.05, 0) is 30.3 Å². The topological polar surface area (TPSA) is 123 Å². The van der Waals surface area contributed by atoms with Crippen molar-refractivity contribution in [3.63, 3.8) is 0 Å². The number of nitrogens with one attached hydrogen (secondary N) is 1. The van der Waals surface area contributed by atoms with Crippen molar-refractivity contribution in [2.45, 2.75) is 5.60 Å². The molecule has 9 nitrogen and oxygen atoms in total. The van der Waals surface area contributed by atoms with Crippen LogP contribution in [-0.2, 0) is 10.4 Å². The third kappa shape index (κ3) is 3.74. The molecule has 0 bridgehead atoms. The Hall–Kier alpha value is -4.63. The lowest BCUT2D eigenvalue weighted by Crippen LogP contribution is -2.42.